The molecule has 2 heterocycles. The highest BCUT2D eigenvalue weighted by Crippen LogP contribution is 2.16. The van der Waals surface area contributed by atoms with E-state index in [1.165, 1.54) is 26.5 Å². The summed E-state index contributed by atoms with van der Waals surface area (Å²) in [6.45, 7) is 1.75. The zero-order valence-electron chi connectivity index (χ0n) is 17.4. The van der Waals surface area contributed by atoms with Gasteiger partial charge < -0.3 is 19.9 Å². The molecule has 2 N–H and O–H groups in total. The Morgan fingerprint density at radius 3 is 2.48 bits per heavy atom. The van der Waals surface area contributed by atoms with Crippen LogP contribution < -0.4 is 16.6 Å². The van der Waals surface area contributed by atoms with Crippen LogP contribution in [-0.2, 0) is 33.2 Å². The zero-order chi connectivity index (χ0) is 23.1. The van der Waals surface area contributed by atoms with Crippen LogP contribution in [0.4, 0.5) is 0 Å². The maximum atomic E-state index is 12.4. The van der Waals surface area contributed by atoms with Gasteiger partial charge in [0.25, 0.3) is 5.56 Å². The van der Waals surface area contributed by atoms with Crippen LogP contribution in [0.1, 0.15) is 18.2 Å². The van der Waals surface area contributed by atoms with Crippen LogP contribution in [0.2, 0.25) is 0 Å². The summed E-state index contributed by atoms with van der Waals surface area (Å²) in [4.78, 5) is 53.0. The van der Waals surface area contributed by atoms with Gasteiger partial charge >= 0.3 is 17.6 Å². The Labute approximate surface area is 176 Å². The second kappa shape index (κ2) is 10.1. The number of carbonyl (C=O) groups is 2. The zero-order valence-corrected chi connectivity index (χ0v) is 17.4. The summed E-state index contributed by atoms with van der Waals surface area (Å²) in [5.41, 5.74) is -1.91. The molecule has 0 fully saturated rings. The number of carbonyl (C=O) groups excluding carboxylic acids is 2. The number of rotatable bonds is 7. The first kappa shape index (κ1) is 23.1. The molecule has 2 aromatic rings. The molecule has 0 atom stereocenters. The van der Waals surface area contributed by atoms with Gasteiger partial charge in [0.15, 0.2) is 0 Å². The third-order valence-corrected chi connectivity index (χ3v) is 4.17. The van der Waals surface area contributed by atoms with E-state index in [0.717, 1.165) is 22.3 Å². The van der Waals surface area contributed by atoms with Gasteiger partial charge in [-0.1, -0.05) is 6.07 Å². The Bertz CT molecular complexity index is 1160. The van der Waals surface area contributed by atoms with Crippen molar-refractivity contribution in [3.63, 3.8) is 0 Å². The quantitative estimate of drug-likeness (QED) is 0.454. The van der Waals surface area contributed by atoms with Gasteiger partial charge in [-0.3, -0.25) is 18.9 Å². The van der Waals surface area contributed by atoms with Gasteiger partial charge in [0.05, 0.1) is 19.4 Å². The summed E-state index contributed by atoms with van der Waals surface area (Å²) in [5, 5.41) is 12.8. The third kappa shape index (κ3) is 5.07. The summed E-state index contributed by atoms with van der Waals surface area (Å²) in [7, 11) is 3.61. The predicted octanol–water partition coefficient (Wildman–Crippen LogP) is -0.108. The van der Waals surface area contributed by atoms with Crippen molar-refractivity contribution < 1.29 is 24.2 Å². The number of nitrogens with zero attached hydrogens (tertiary/aromatic N) is 3. The number of hydrogen-bond donors (Lipinski definition) is 2. The van der Waals surface area contributed by atoms with Crippen LogP contribution in [0.3, 0.4) is 0 Å². The largest absolute Gasteiger partial charge is 0.494 e. The molecular weight excluding hydrogens is 408 g/mol. The fraction of sp³-hybridized carbons (Fsp3) is 0.250. The minimum Gasteiger partial charge on any atom is -0.494 e. The molecule has 2 rings (SSSR count). The molecule has 0 aliphatic heterocycles. The van der Waals surface area contributed by atoms with Crippen molar-refractivity contribution in [2.75, 3.05) is 13.7 Å². The second-order valence-electron chi connectivity index (χ2n) is 6.13. The van der Waals surface area contributed by atoms with Crippen molar-refractivity contribution in [1.29, 1.82) is 0 Å². The van der Waals surface area contributed by atoms with E-state index in [9.17, 15) is 24.3 Å². The van der Waals surface area contributed by atoms with E-state index >= 15 is 0 Å². The van der Waals surface area contributed by atoms with Crippen molar-refractivity contribution in [1.82, 2.24) is 19.4 Å². The Morgan fingerprint density at radius 1 is 1.19 bits per heavy atom. The molecule has 0 aromatic carbocycles. The van der Waals surface area contributed by atoms with Crippen LogP contribution in [0.15, 0.2) is 45.9 Å². The van der Waals surface area contributed by atoms with Crippen LogP contribution in [0.5, 0.6) is 5.88 Å². The molecule has 2 aromatic heterocycles. The van der Waals surface area contributed by atoms with Crippen LogP contribution in [0, 0.1) is 0 Å². The van der Waals surface area contributed by atoms with Gasteiger partial charge in [0, 0.05) is 26.5 Å². The molecule has 31 heavy (non-hydrogen) atoms. The first-order chi connectivity index (χ1) is 14.7. The van der Waals surface area contributed by atoms with Crippen molar-refractivity contribution >= 4 is 23.6 Å². The van der Waals surface area contributed by atoms with Gasteiger partial charge in [0.2, 0.25) is 5.88 Å². The second-order valence-corrected chi connectivity index (χ2v) is 6.13. The molecule has 11 nitrogen and oxygen atoms in total. The topological polar surface area (TPSA) is 142 Å². The summed E-state index contributed by atoms with van der Waals surface area (Å²) < 4.78 is 11.3. The number of aromatic nitrogens is 3. The highest BCUT2D eigenvalue weighted by Gasteiger charge is 2.19. The lowest BCUT2D eigenvalue weighted by molar-refractivity contribution is -0.137. The van der Waals surface area contributed by atoms with E-state index in [4.69, 9.17) is 9.47 Å². The summed E-state index contributed by atoms with van der Waals surface area (Å²) >= 11 is 0. The van der Waals surface area contributed by atoms with Crippen LogP contribution in [0.25, 0.3) is 11.6 Å². The SMILES string of the molecule is CCOC(=O)/C(=C\N/C(=C/c1c(O)n(C)c(=O)n(C)c1=O)C(=O)OC)c1ccccn1. The van der Waals surface area contributed by atoms with Crippen molar-refractivity contribution in [2.45, 2.75) is 6.92 Å². The fourth-order valence-electron chi connectivity index (χ4n) is 2.52. The average molecular weight is 430 g/mol. The van der Waals surface area contributed by atoms with Gasteiger partial charge in [-0.2, -0.15) is 0 Å². The molecule has 0 amide bonds. The molecule has 0 bridgehead atoms. The van der Waals surface area contributed by atoms with E-state index in [2.05, 4.69) is 10.3 Å². The lowest BCUT2D eigenvalue weighted by atomic mass is 10.2. The molecule has 0 unspecified atom stereocenters. The Morgan fingerprint density at radius 2 is 1.90 bits per heavy atom. The average Bonchev–Trinajstić information content (AvgIpc) is 2.78. The molecule has 164 valence electrons. The molecule has 0 aliphatic carbocycles. The lowest BCUT2D eigenvalue weighted by Gasteiger charge is -2.11. The highest BCUT2D eigenvalue weighted by molar-refractivity contribution is 6.15. The number of nitrogens with one attached hydrogen (secondary N) is 1. The van der Waals surface area contributed by atoms with Gasteiger partial charge in [-0.25, -0.2) is 14.4 Å². The smallest absolute Gasteiger partial charge is 0.354 e. The van der Waals surface area contributed by atoms with E-state index in [-0.39, 0.29) is 29.1 Å². The maximum Gasteiger partial charge on any atom is 0.354 e. The van der Waals surface area contributed by atoms with Gasteiger partial charge in [-0.05, 0) is 25.1 Å². The highest BCUT2D eigenvalue weighted by atomic mass is 16.5. The molecule has 0 radical (unpaired) electrons. The summed E-state index contributed by atoms with van der Waals surface area (Å²) in [6.07, 6.45) is 3.67. The standard InChI is InChI=1S/C20H22N4O7/c1-5-31-18(27)13(14-8-6-7-9-21-14)11-22-15(19(28)30-4)10-12-16(25)23(2)20(29)24(3)17(12)26/h6-11,22,25H,5H2,1-4H3/b13-11-,15-10+. The molecule has 0 saturated carbocycles. The van der Waals surface area contributed by atoms with Gasteiger partial charge in [0.1, 0.15) is 16.8 Å². The molecule has 0 spiro atoms. The summed E-state index contributed by atoms with van der Waals surface area (Å²) in [5.74, 6) is -2.23. The minimum atomic E-state index is -0.893. The molecular formula is C20H22N4O7. The number of aromatic hydroxyl groups is 1. The van der Waals surface area contributed by atoms with Crippen molar-refractivity contribution in [3.8, 4) is 5.88 Å². The maximum absolute atomic E-state index is 12.4. The number of pyridine rings is 1. The van der Waals surface area contributed by atoms with Gasteiger partial charge in [-0.15, -0.1) is 0 Å². The molecule has 0 aliphatic rings. The first-order valence-corrected chi connectivity index (χ1v) is 9.07. The van der Waals surface area contributed by atoms with E-state index in [1.54, 1.807) is 25.1 Å². The Balaban J connectivity index is 2.60. The van der Waals surface area contributed by atoms with Crippen LogP contribution >= 0.6 is 0 Å². The van der Waals surface area contributed by atoms with E-state index in [0.29, 0.717) is 0 Å². The molecule has 11 heteroatoms. The monoisotopic (exact) mass is 430 g/mol. The van der Waals surface area contributed by atoms with Crippen molar-refractivity contribution in [3.05, 3.63) is 68.4 Å². The number of hydrogen-bond acceptors (Lipinski definition) is 9. The fourth-order valence-corrected chi connectivity index (χ4v) is 2.52. The number of esters is 2. The van der Waals surface area contributed by atoms with Crippen molar-refractivity contribution in [2.24, 2.45) is 14.1 Å². The third-order valence-electron chi connectivity index (χ3n) is 4.17. The first-order valence-electron chi connectivity index (χ1n) is 9.07. The number of methoxy groups -OCH3 is 1. The minimum absolute atomic E-state index is 0.00911. The predicted molar refractivity (Wildman–Crippen MR) is 111 cm³/mol. The Kier molecular flexibility index (Phi) is 7.50. The molecule has 0 saturated heterocycles. The van der Waals surface area contributed by atoms with E-state index in [1.807, 2.05) is 0 Å². The Hall–Kier alpha value is -4.15. The normalized spacial score (nSPS) is 11.7. The summed E-state index contributed by atoms with van der Waals surface area (Å²) in [6, 6.07) is 4.90. The number of ether oxygens (including phenoxy) is 2. The van der Waals surface area contributed by atoms with E-state index < -0.39 is 29.1 Å². The lowest BCUT2D eigenvalue weighted by Crippen LogP contribution is -2.38. The van der Waals surface area contributed by atoms with Crippen LogP contribution in [-0.4, -0.2) is 44.9 Å².